The third-order valence-electron chi connectivity index (χ3n) is 11.2. The van der Waals surface area contributed by atoms with Crippen molar-refractivity contribution in [3.63, 3.8) is 0 Å². The second kappa shape index (κ2) is 16.5. The van der Waals surface area contributed by atoms with Crippen LogP contribution in [0, 0.1) is 5.92 Å². The van der Waals surface area contributed by atoms with Crippen LogP contribution in [0.25, 0.3) is 10.8 Å². The van der Waals surface area contributed by atoms with Gasteiger partial charge in [0.05, 0.1) is 32.1 Å². The van der Waals surface area contributed by atoms with Crippen LogP contribution >= 0.6 is 0 Å². The summed E-state index contributed by atoms with van der Waals surface area (Å²) in [6.07, 6.45) is 4.74. The van der Waals surface area contributed by atoms with E-state index in [-0.39, 0.29) is 25.9 Å². The van der Waals surface area contributed by atoms with E-state index in [9.17, 15) is 27.6 Å². The molecule has 0 radical (unpaired) electrons. The Morgan fingerprint density at radius 3 is 2.53 bits per heavy atom. The molecule has 58 heavy (non-hydrogen) atoms. The highest BCUT2D eigenvalue weighted by Gasteiger charge is 2.62. The summed E-state index contributed by atoms with van der Waals surface area (Å²) >= 11 is 0. The van der Waals surface area contributed by atoms with Crippen LogP contribution in [0.1, 0.15) is 59.3 Å². The normalized spacial score (nSPS) is 27.9. The number of carbonyl (C=O) groups is 4. The number of methoxy groups -OCH3 is 1. The van der Waals surface area contributed by atoms with Gasteiger partial charge in [-0.2, -0.15) is 4.98 Å². The number of hydrogen-bond acceptors (Lipinski definition) is 13. The monoisotopic (exact) mass is 825 g/mol. The van der Waals surface area contributed by atoms with E-state index in [1.165, 1.54) is 4.90 Å². The minimum Gasteiger partial charge on any atom is -0.497 e. The summed E-state index contributed by atoms with van der Waals surface area (Å²) in [6.45, 7) is 8.17. The number of allylic oxidation sites excluding steroid dienone is 1. The van der Waals surface area contributed by atoms with Crippen molar-refractivity contribution in [2.24, 2.45) is 5.92 Å². The molecule has 17 nitrogen and oxygen atoms in total. The molecule has 1 aromatic heterocycles. The first kappa shape index (κ1) is 41.5. The average Bonchev–Trinajstić information content (AvgIpc) is 4.10. The van der Waals surface area contributed by atoms with Gasteiger partial charge in [0.2, 0.25) is 27.7 Å². The summed E-state index contributed by atoms with van der Waals surface area (Å²) in [7, 11) is -0.475. The average molecular weight is 826 g/mol. The SMILES string of the molecule is COc1ccc2c(O[C@@H]3C[C@H]4C(=O)N[C@]5(C(=O)NS(=O)(=O)C6CC6)C[C@H]5/C=C\CCCN(C)C[C@H](NC(=O)OC(C)(C)C)C(=O)N4C3)nc(N3CCOCC3)cc2c1. The third kappa shape index (κ3) is 9.44. The molecule has 5 aliphatic rings. The first-order valence-corrected chi connectivity index (χ1v) is 21.6. The Morgan fingerprint density at radius 2 is 1.83 bits per heavy atom. The zero-order chi connectivity index (χ0) is 41.4. The van der Waals surface area contributed by atoms with Crippen molar-refractivity contribution in [2.45, 2.75) is 93.9 Å². The number of ether oxygens (including phenoxy) is 4. The van der Waals surface area contributed by atoms with Gasteiger partial charge in [0.25, 0.3) is 5.91 Å². The lowest BCUT2D eigenvalue weighted by Gasteiger charge is -2.32. The van der Waals surface area contributed by atoms with Crippen molar-refractivity contribution in [1.82, 2.24) is 30.1 Å². The highest BCUT2D eigenvalue weighted by atomic mass is 32.2. The van der Waals surface area contributed by atoms with Crippen LogP contribution in [-0.2, 0) is 33.9 Å². The van der Waals surface area contributed by atoms with E-state index in [4.69, 9.17) is 23.9 Å². The van der Waals surface area contributed by atoms with Crippen LogP contribution in [0.4, 0.5) is 10.6 Å². The second-order valence-electron chi connectivity index (χ2n) is 16.9. The molecular weight excluding hydrogens is 771 g/mol. The molecule has 7 rings (SSSR count). The Balaban J connectivity index is 1.23. The number of morpholine rings is 1. The molecular formula is C40H55N7O10S. The summed E-state index contributed by atoms with van der Waals surface area (Å²) in [5.41, 5.74) is -2.37. The minimum atomic E-state index is -3.91. The number of hydrogen-bond donors (Lipinski definition) is 3. The van der Waals surface area contributed by atoms with Crippen LogP contribution in [0.5, 0.6) is 11.6 Å². The molecule has 4 amide bonds. The lowest BCUT2D eigenvalue weighted by atomic mass is 10.1. The zero-order valence-electron chi connectivity index (χ0n) is 33.8. The molecule has 316 valence electrons. The summed E-state index contributed by atoms with van der Waals surface area (Å²) in [6, 6.07) is 5.24. The van der Waals surface area contributed by atoms with E-state index in [0.717, 1.165) is 5.39 Å². The highest BCUT2D eigenvalue weighted by Crippen LogP contribution is 2.46. The van der Waals surface area contributed by atoms with E-state index >= 15 is 0 Å². The Hall–Kier alpha value is -4.68. The summed E-state index contributed by atoms with van der Waals surface area (Å²) in [4.78, 5) is 66.7. The van der Waals surface area contributed by atoms with E-state index in [2.05, 4.69) is 20.3 Å². The summed E-state index contributed by atoms with van der Waals surface area (Å²) in [5, 5.41) is 6.53. The van der Waals surface area contributed by atoms with Crippen molar-refractivity contribution < 1.29 is 46.5 Å². The van der Waals surface area contributed by atoms with Gasteiger partial charge in [-0.1, -0.05) is 12.2 Å². The first-order valence-electron chi connectivity index (χ1n) is 20.1. The second-order valence-corrected chi connectivity index (χ2v) is 18.9. The number of nitrogens with zero attached hydrogens (tertiary/aromatic N) is 4. The lowest BCUT2D eigenvalue weighted by Crippen LogP contribution is -2.59. The molecule has 0 spiro atoms. The molecule has 5 atom stereocenters. The number of alkyl carbamates (subject to hydrolysis) is 1. The maximum atomic E-state index is 14.7. The molecule has 1 aromatic carbocycles. The number of nitrogens with one attached hydrogen (secondary N) is 3. The molecule has 2 saturated carbocycles. The van der Waals surface area contributed by atoms with Gasteiger partial charge in [-0.25, -0.2) is 13.2 Å². The van der Waals surface area contributed by atoms with Gasteiger partial charge in [-0.3, -0.25) is 19.1 Å². The molecule has 4 fully saturated rings. The summed E-state index contributed by atoms with van der Waals surface area (Å²) in [5.74, 6) is -0.807. The fourth-order valence-corrected chi connectivity index (χ4v) is 9.20. The van der Waals surface area contributed by atoms with Crippen LogP contribution in [0.15, 0.2) is 36.4 Å². The van der Waals surface area contributed by atoms with Gasteiger partial charge in [0, 0.05) is 37.4 Å². The van der Waals surface area contributed by atoms with Gasteiger partial charge < -0.3 is 44.3 Å². The van der Waals surface area contributed by atoms with Crippen molar-refractivity contribution >= 4 is 50.4 Å². The molecule has 3 N–H and O–H groups in total. The van der Waals surface area contributed by atoms with Gasteiger partial charge in [0.1, 0.15) is 40.9 Å². The maximum Gasteiger partial charge on any atom is 0.408 e. The Labute approximate surface area is 339 Å². The molecule has 2 aliphatic carbocycles. The standard InChI is InChI=1S/C40H55N7O10S/c1-39(2,3)57-38(51)41-31-24-45(4)14-8-6-7-9-26-22-40(26,37(50)44-58(52,53)29-11-12-29)43-34(48)32-21-28(23-47(32)36(31)49)56-35-30-13-10-27(54-5)19-25(30)20-33(42-35)46-15-17-55-18-16-46/h7,9-10,13,19-20,26,28-29,31-32H,6,8,11-12,14-18,21-24H2,1-5H3,(H,41,51)(H,43,48)(H,44,50)/b9-7-/t26-,28-,31+,32+,40-/m1/s1. The number of amides is 4. The van der Waals surface area contributed by atoms with Crippen molar-refractivity contribution in [3.05, 3.63) is 36.4 Å². The highest BCUT2D eigenvalue weighted by molar-refractivity contribution is 7.91. The van der Waals surface area contributed by atoms with E-state index in [0.29, 0.717) is 81.4 Å². The Bertz CT molecular complexity index is 2050. The van der Waals surface area contributed by atoms with E-state index in [1.807, 2.05) is 42.3 Å². The fraction of sp³-hybridized carbons (Fsp3) is 0.625. The predicted molar refractivity (Wildman–Crippen MR) is 214 cm³/mol. The van der Waals surface area contributed by atoms with Crippen LogP contribution in [0.2, 0.25) is 0 Å². The predicted octanol–water partition coefficient (Wildman–Crippen LogP) is 2.09. The molecule has 18 heteroatoms. The zero-order valence-corrected chi connectivity index (χ0v) is 34.6. The molecule has 3 aliphatic heterocycles. The molecule has 0 bridgehead atoms. The first-order chi connectivity index (χ1) is 27.5. The topological polar surface area (TPSA) is 198 Å². The Kier molecular flexibility index (Phi) is 11.8. The van der Waals surface area contributed by atoms with Crippen LogP contribution in [-0.4, -0.2) is 142 Å². The molecule has 0 unspecified atom stereocenters. The quantitative estimate of drug-likeness (QED) is 0.328. The van der Waals surface area contributed by atoms with E-state index < -0.39 is 74.3 Å². The number of benzene rings is 1. The largest absolute Gasteiger partial charge is 0.497 e. The number of aromatic nitrogens is 1. The lowest BCUT2D eigenvalue weighted by molar-refractivity contribution is -0.141. The number of carbonyl (C=O) groups excluding carboxylic acids is 4. The van der Waals surface area contributed by atoms with Gasteiger partial charge >= 0.3 is 6.09 Å². The summed E-state index contributed by atoms with van der Waals surface area (Å²) < 4.78 is 51.4. The number of pyridine rings is 1. The number of fused-ring (bicyclic) bond motifs is 3. The maximum absolute atomic E-state index is 14.7. The fourth-order valence-electron chi connectivity index (χ4n) is 7.84. The van der Waals surface area contributed by atoms with E-state index in [1.54, 1.807) is 33.9 Å². The number of likely N-dealkylation sites (N-methyl/N-ethyl adjacent to an activating group) is 1. The smallest absolute Gasteiger partial charge is 0.408 e. The van der Waals surface area contributed by atoms with Crippen molar-refractivity contribution in [2.75, 3.05) is 65.0 Å². The molecule has 4 heterocycles. The molecule has 2 saturated heterocycles. The third-order valence-corrected chi connectivity index (χ3v) is 13.0. The van der Waals surface area contributed by atoms with Crippen LogP contribution in [0.3, 0.4) is 0 Å². The van der Waals surface area contributed by atoms with Crippen molar-refractivity contribution in [3.8, 4) is 11.6 Å². The number of rotatable bonds is 8. The molecule has 2 aromatic rings. The van der Waals surface area contributed by atoms with Gasteiger partial charge in [0.15, 0.2) is 0 Å². The van der Waals surface area contributed by atoms with Gasteiger partial charge in [-0.05, 0) is 96.1 Å². The number of sulfonamides is 1. The minimum absolute atomic E-state index is 0.0201. The van der Waals surface area contributed by atoms with Gasteiger partial charge in [-0.15, -0.1) is 0 Å². The number of anilines is 1. The van der Waals surface area contributed by atoms with Crippen molar-refractivity contribution in [1.29, 1.82) is 0 Å². The Morgan fingerprint density at radius 1 is 1.07 bits per heavy atom. The van der Waals surface area contributed by atoms with Crippen LogP contribution < -0.4 is 29.7 Å².